The topological polar surface area (TPSA) is 132 Å². The number of hydrogen-bond donors (Lipinski definition) is 2. The predicted octanol–water partition coefficient (Wildman–Crippen LogP) is 3.02. The number of carbonyl (C=O) groups is 2. The first kappa shape index (κ1) is 19.5. The van der Waals surface area contributed by atoms with Crippen LogP contribution in [0.1, 0.15) is 53.0 Å². The summed E-state index contributed by atoms with van der Waals surface area (Å²) >= 11 is 0. The number of hydrogen-bond acceptors (Lipinski definition) is 7. The Hall–Kier alpha value is -3.82. The van der Waals surface area contributed by atoms with Crippen LogP contribution < -0.4 is 5.32 Å². The van der Waals surface area contributed by atoms with Gasteiger partial charge in [0.1, 0.15) is 6.61 Å². The molecule has 30 heavy (non-hydrogen) atoms. The third-order valence-corrected chi connectivity index (χ3v) is 5.05. The van der Waals surface area contributed by atoms with Crippen LogP contribution >= 0.6 is 0 Å². The number of carboxylic acid groups (broad SMARTS) is 1. The van der Waals surface area contributed by atoms with Gasteiger partial charge in [0.2, 0.25) is 0 Å². The number of carboxylic acids is 1. The Morgan fingerprint density at radius 1 is 1.10 bits per heavy atom. The first-order chi connectivity index (χ1) is 14.6. The van der Waals surface area contributed by atoms with Crippen LogP contribution in [0.2, 0.25) is 0 Å². The van der Waals surface area contributed by atoms with Gasteiger partial charge in [-0.2, -0.15) is 5.10 Å². The Bertz CT molecular complexity index is 1020. The number of anilines is 1. The highest BCUT2D eigenvalue weighted by molar-refractivity contribution is 5.84. The van der Waals surface area contributed by atoms with Crippen LogP contribution in [0, 0.1) is 0 Å². The molecule has 1 fully saturated rings. The van der Waals surface area contributed by atoms with Crippen molar-refractivity contribution in [1.29, 1.82) is 0 Å². The van der Waals surface area contributed by atoms with E-state index >= 15 is 0 Å². The van der Waals surface area contributed by atoms with Crippen LogP contribution in [-0.2, 0) is 11.3 Å². The Labute approximate surface area is 171 Å². The van der Waals surface area contributed by atoms with E-state index in [0.29, 0.717) is 5.82 Å². The van der Waals surface area contributed by atoms with E-state index in [1.165, 1.54) is 6.20 Å². The molecule has 1 saturated carbocycles. The lowest BCUT2D eigenvalue weighted by atomic mass is 10.0. The van der Waals surface area contributed by atoms with Gasteiger partial charge in [-0.3, -0.25) is 5.32 Å². The highest BCUT2D eigenvalue weighted by Crippen LogP contribution is 2.39. The van der Waals surface area contributed by atoms with Crippen molar-refractivity contribution in [2.24, 2.45) is 0 Å². The average Bonchev–Trinajstić information content (AvgIpc) is 3.43. The molecule has 2 aromatic heterocycles. The quantitative estimate of drug-likeness (QED) is 0.636. The third kappa shape index (κ3) is 4.59. The van der Waals surface area contributed by atoms with Gasteiger partial charge in [-0.1, -0.05) is 35.5 Å². The van der Waals surface area contributed by atoms with E-state index in [9.17, 15) is 9.59 Å². The minimum Gasteiger partial charge on any atom is -0.476 e. The molecule has 2 N–H and O–H groups in total. The molecule has 0 aliphatic heterocycles. The highest BCUT2D eigenvalue weighted by Gasteiger charge is 2.29. The minimum atomic E-state index is -1.09. The van der Waals surface area contributed by atoms with Crippen LogP contribution in [0.4, 0.5) is 10.6 Å². The Morgan fingerprint density at radius 2 is 1.93 bits per heavy atom. The number of carbonyl (C=O) groups excluding carboxylic acids is 1. The zero-order chi connectivity index (χ0) is 20.9. The summed E-state index contributed by atoms with van der Waals surface area (Å²) in [6.45, 7) is 0.174. The van der Waals surface area contributed by atoms with E-state index in [2.05, 4.69) is 25.8 Å². The van der Waals surface area contributed by atoms with E-state index in [-0.39, 0.29) is 24.3 Å². The summed E-state index contributed by atoms with van der Waals surface area (Å²) < 4.78 is 6.78. The summed E-state index contributed by atoms with van der Waals surface area (Å²) in [7, 11) is 0. The molecule has 3 aromatic rings. The summed E-state index contributed by atoms with van der Waals surface area (Å²) in [6.07, 6.45) is 3.36. The maximum Gasteiger partial charge on any atom is 0.413 e. The zero-order valence-electron chi connectivity index (χ0n) is 16.0. The third-order valence-electron chi connectivity index (χ3n) is 5.05. The molecule has 1 aliphatic rings. The van der Waals surface area contributed by atoms with E-state index in [1.54, 1.807) is 10.7 Å². The fourth-order valence-electron chi connectivity index (χ4n) is 3.51. The highest BCUT2D eigenvalue weighted by atomic mass is 16.5. The van der Waals surface area contributed by atoms with Crippen LogP contribution in [0.3, 0.4) is 0 Å². The minimum absolute atomic E-state index is 0.0622. The molecule has 1 amide bonds. The van der Waals surface area contributed by atoms with Gasteiger partial charge in [-0.05, 0) is 37.0 Å². The number of rotatable bonds is 6. The first-order valence-electron chi connectivity index (χ1n) is 9.55. The fraction of sp³-hybridized carbons (Fsp3) is 0.300. The fourth-order valence-corrected chi connectivity index (χ4v) is 3.51. The molecule has 0 saturated heterocycles. The van der Waals surface area contributed by atoms with Gasteiger partial charge in [0.05, 0.1) is 17.9 Å². The molecule has 4 rings (SSSR count). The van der Waals surface area contributed by atoms with Crippen molar-refractivity contribution in [1.82, 2.24) is 25.2 Å². The molecule has 1 aromatic carbocycles. The van der Waals surface area contributed by atoms with Gasteiger partial charge in [-0.25, -0.2) is 14.3 Å². The van der Waals surface area contributed by atoms with Crippen molar-refractivity contribution in [2.45, 2.75) is 37.8 Å². The van der Waals surface area contributed by atoms with Crippen molar-refractivity contribution in [3.8, 4) is 0 Å². The Morgan fingerprint density at radius 3 is 2.63 bits per heavy atom. The van der Waals surface area contributed by atoms with Gasteiger partial charge in [-0.15, -0.1) is 10.2 Å². The smallest absolute Gasteiger partial charge is 0.413 e. The van der Waals surface area contributed by atoms with Gasteiger partial charge < -0.3 is 9.84 Å². The summed E-state index contributed by atoms with van der Waals surface area (Å²) in [5.41, 5.74) is 1.65. The van der Waals surface area contributed by atoms with Crippen molar-refractivity contribution in [3.05, 3.63) is 65.6 Å². The standard InChI is InChI=1S/C20H20N6O4/c27-19(28)17-11-26(25-23-17)15-7-6-14(10-15)16-8-9-18(24-22-16)21-20(29)30-12-13-4-2-1-3-5-13/h1-5,8-9,11,14-15H,6-7,10,12H2,(H,27,28)(H,21,24,29). The van der Waals surface area contributed by atoms with Gasteiger partial charge in [0.25, 0.3) is 0 Å². The van der Waals surface area contributed by atoms with E-state index < -0.39 is 12.1 Å². The summed E-state index contributed by atoms with van der Waals surface area (Å²) in [5.74, 6) is -0.597. The summed E-state index contributed by atoms with van der Waals surface area (Å²) in [6, 6.07) is 13.0. The molecule has 1 aliphatic carbocycles. The molecule has 2 atom stereocenters. The van der Waals surface area contributed by atoms with Gasteiger partial charge in [0.15, 0.2) is 11.5 Å². The number of nitrogens with one attached hydrogen (secondary N) is 1. The van der Waals surface area contributed by atoms with Gasteiger partial charge >= 0.3 is 12.1 Å². The van der Waals surface area contributed by atoms with Gasteiger partial charge in [0, 0.05) is 5.92 Å². The molecule has 10 heteroatoms. The lowest BCUT2D eigenvalue weighted by Gasteiger charge is -2.11. The van der Waals surface area contributed by atoms with E-state index in [1.807, 2.05) is 36.4 Å². The second kappa shape index (κ2) is 8.68. The largest absolute Gasteiger partial charge is 0.476 e. The molecule has 2 unspecified atom stereocenters. The number of ether oxygens (including phenoxy) is 1. The zero-order valence-corrected chi connectivity index (χ0v) is 16.0. The lowest BCUT2D eigenvalue weighted by Crippen LogP contribution is -2.15. The SMILES string of the molecule is O=C(Nc1ccc(C2CCC(n3cc(C(=O)O)nn3)C2)nn1)OCc1ccccc1. The maximum atomic E-state index is 11.9. The van der Waals surface area contributed by atoms with Crippen LogP contribution in [0.25, 0.3) is 0 Å². The van der Waals surface area contributed by atoms with Crippen molar-refractivity contribution >= 4 is 17.9 Å². The lowest BCUT2D eigenvalue weighted by molar-refractivity contribution is 0.0690. The normalized spacial score (nSPS) is 18.1. The van der Waals surface area contributed by atoms with E-state index in [4.69, 9.17) is 9.84 Å². The first-order valence-corrected chi connectivity index (χ1v) is 9.55. The molecule has 154 valence electrons. The van der Waals surface area contributed by atoms with Crippen molar-refractivity contribution < 1.29 is 19.4 Å². The summed E-state index contributed by atoms with van der Waals surface area (Å²) in [5, 5.41) is 27.4. The Kier molecular flexibility index (Phi) is 5.64. The molecule has 0 bridgehead atoms. The monoisotopic (exact) mass is 408 g/mol. The van der Waals surface area contributed by atoms with Crippen LogP contribution in [0.5, 0.6) is 0 Å². The molecule has 0 spiro atoms. The molecule has 0 radical (unpaired) electrons. The molecule has 10 nitrogen and oxygen atoms in total. The Balaban J connectivity index is 1.30. The van der Waals surface area contributed by atoms with E-state index in [0.717, 1.165) is 30.5 Å². The number of nitrogens with zero attached hydrogens (tertiary/aromatic N) is 5. The number of aromatic nitrogens is 5. The molecule has 2 heterocycles. The number of aromatic carboxylic acids is 1. The second-order valence-corrected chi connectivity index (χ2v) is 7.08. The second-order valence-electron chi connectivity index (χ2n) is 7.08. The predicted molar refractivity (Wildman–Crippen MR) is 105 cm³/mol. The maximum absolute atomic E-state index is 11.9. The number of amides is 1. The molecular formula is C20H20N6O4. The van der Waals surface area contributed by atoms with Crippen molar-refractivity contribution in [3.63, 3.8) is 0 Å². The summed E-state index contributed by atoms with van der Waals surface area (Å²) in [4.78, 5) is 22.9. The average molecular weight is 408 g/mol. The number of benzene rings is 1. The van der Waals surface area contributed by atoms with Crippen molar-refractivity contribution in [2.75, 3.05) is 5.32 Å². The van der Waals surface area contributed by atoms with Crippen LogP contribution in [-0.4, -0.2) is 42.4 Å². The van der Waals surface area contributed by atoms with Crippen LogP contribution in [0.15, 0.2) is 48.7 Å². The molecular weight excluding hydrogens is 388 g/mol.